The van der Waals surface area contributed by atoms with E-state index in [1.807, 2.05) is 24.3 Å². The summed E-state index contributed by atoms with van der Waals surface area (Å²) < 4.78 is 0. The lowest BCUT2D eigenvalue weighted by Crippen LogP contribution is -2.36. The van der Waals surface area contributed by atoms with Gasteiger partial charge in [0.15, 0.2) is 0 Å². The number of aliphatic hydroxyl groups is 1. The van der Waals surface area contributed by atoms with Crippen LogP contribution in [-0.2, 0) is 0 Å². The van der Waals surface area contributed by atoms with E-state index >= 15 is 0 Å². The fraction of sp³-hybridized carbons (Fsp3) is 0.500. The summed E-state index contributed by atoms with van der Waals surface area (Å²) in [5.74, 6) is 0.358. The van der Waals surface area contributed by atoms with Gasteiger partial charge in [-0.3, -0.25) is 0 Å². The van der Waals surface area contributed by atoms with Crippen molar-refractivity contribution in [3.63, 3.8) is 0 Å². The molecule has 0 aliphatic heterocycles. The Bertz CT molecular complexity index is 342. The molecule has 90 valence electrons. The molecule has 0 heterocycles. The van der Waals surface area contributed by atoms with Crippen molar-refractivity contribution in [3.05, 3.63) is 34.9 Å². The molecule has 0 radical (unpaired) electrons. The summed E-state index contributed by atoms with van der Waals surface area (Å²) in [5, 5.41) is 10.7. The summed E-state index contributed by atoms with van der Waals surface area (Å²) in [7, 11) is 0. The lowest BCUT2D eigenvalue weighted by atomic mass is 9.77. The third kappa shape index (κ3) is 2.69. The van der Waals surface area contributed by atoms with Gasteiger partial charge in [-0.2, -0.15) is 0 Å². The van der Waals surface area contributed by atoms with Crippen molar-refractivity contribution in [3.8, 4) is 0 Å². The van der Waals surface area contributed by atoms with E-state index in [4.69, 9.17) is 17.3 Å². The van der Waals surface area contributed by atoms with E-state index in [2.05, 4.69) is 0 Å². The molecule has 0 aromatic heterocycles. The van der Waals surface area contributed by atoms with Crippen LogP contribution in [0.1, 0.15) is 30.9 Å². The molecular weight excluding hydrogens is 245 g/mol. The molecule has 2 rings (SSSR count). The number of rotatable bonds is 3. The third-order valence-corrected chi connectivity index (χ3v) is 3.61. The zero-order valence-electron chi connectivity index (χ0n) is 8.97. The van der Waals surface area contributed by atoms with Crippen LogP contribution in [0.15, 0.2) is 24.3 Å². The molecule has 1 aliphatic rings. The molecule has 0 spiro atoms. The summed E-state index contributed by atoms with van der Waals surface area (Å²) in [6.45, 7) is 0. The first kappa shape index (κ1) is 13.8. The Hall–Kier alpha value is -0.280. The Labute approximate surface area is 107 Å². The standard InChI is InChI=1S/C12H16ClNO.ClH/c13-10-7-2-1-6-9(10)11(14)12(15)8-4-3-5-8;/h1-2,6-8,11-12,15H,3-5,14H2;1H/t11-,12+;/m1./s1. The quantitative estimate of drug-likeness (QED) is 0.879. The zero-order chi connectivity index (χ0) is 10.8. The highest BCUT2D eigenvalue weighted by atomic mass is 35.5. The van der Waals surface area contributed by atoms with Gasteiger partial charge in [-0.25, -0.2) is 0 Å². The van der Waals surface area contributed by atoms with Gasteiger partial charge in [0, 0.05) is 5.02 Å². The molecule has 16 heavy (non-hydrogen) atoms. The summed E-state index contributed by atoms with van der Waals surface area (Å²) in [4.78, 5) is 0. The summed E-state index contributed by atoms with van der Waals surface area (Å²) >= 11 is 6.04. The summed E-state index contributed by atoms with van der Waals surface area (Å²) in [6, 6.07) is 7.10. The third-order valence-electron chi connectivity index (χ3n) is 3.27. The van der Waals surface area contributed by atoms with Gasteiger partial charge in [-0.1, -0.05) is 36.2 Å². The van der Waals surface area contributed by atoms with Gasteiger partial charge in [0.05, 0.1) is 12.1 Å². The van der Waals surface area contributed by atoms with E-state index in [-0.39, 0.29) is 18.4 Å². The van der Waals surface area contributed by atoms with Crippen LogP contribution in [0, 0.1) is 5.92 Å². The van der Waals surface area contributed by atoms with Crippen LogP contribution in [0.5, 0.6) is 0 Å². The predicted molar refractivity (Wildman–Crippen MR) is 69.0 cm³/mol. The van der Waals surface area contributed by atoms with Crippen molar-refractivity contribution in [2.75, 3.05) is 0 Å². The largest absolute Gasteiger partial charge is 0.391 e. The maximum Gasteiger partial charge on any atom is 0.0761 e. The van der Waals surface area contributed by atoms with Crippen LogP contribution in [0.25, 0.3) is 0 Å². The van der Waals surface area contributed by atoms with Gasteiger partial charge in [0.2, 0.25) is 0 Å². The first-order valence-corrected chi connectivity index (χ1v) is 5.76. The van der Waals surface area contributed by atoms with Gasteiger partial charge < -0.3 is 10.8 Å². The monoisotopic (exact) mass is 261 g/mol. The molecule has 1 saturated carbocycles. The molecule has 2 nitrogen and oxygen atoms in total. The molecule has 0 amide bonds. The van der Waals surface area contributed by atoms with E-state index in [1.54, 1.807) is 0 Å². The van der Waals surface area contributed by atoms with E-state index in [9.17, 15) is 5.11 Å². The fourth-order valence-electron chi connectivity index (χ4n) is 2.00. The zero-order valence-corrected chi connectivity index (χ0v) is 10.5. The average molecular weight is 262 g/mol. The Kier molecular flexibility index (Phi) is 5.06. The minimum absolute atomic E-state index is 0. The van der Waals surface area contributed by atoms with Gasteiger partial charge in [0.1, 0.15) is 0 Å². The van der Waals surface area contributed by atoms with Crippen LogP contribution in [-0.4, -0.2) is 11.2 Å². The number of nitrogens with two attached hydrogens (primary N) is 1. The van der Waals surface area contributed by atoms with E-state index in [1.165, 1.54) is 6.42 Å². The number of halogens is 2. The van der Waals surface area contributed by atoms with Gasteiger partial charge in [-0.05, 0) is 30.4 Å². The minimum Gasteiger partial charge on any atom is -0.391 e. The van der Waals surface area contributed by atoms with E-state index < -0.39 is 6.10 Å². The van der Waals surface area contributed by atoms with Crippen molar-refractivity contribution in [2.45, 2.75) is 31.4 Å². The summed E-state index contributed by atoms with van der Waals surface area (Å²) in [5.41, 5.74) is 6.86. The summed E-state index contributed by atoms with van der Waals surface area (Å²) in [6.07, 6.45) is 2.91. The Balaban J connectivity index is 0.00000128. The topological polar surface area (TPSA) is 46.2 Å². The van der Waals surface area contributed by atoms with Crippen molar-refractivity contribution in [1.82, 2.24) is 0 Å². The van der Waals surface area contributed by atoms with Crippen LogP contribution < -0.4 is 5.73 Å². The lowest BCUT2D eigenvalue weighted by molar-refractivity contribution is 0.0414. The second kappa shape index (κ2) is 5.87. The smallest absolute Gasteiger partial charge is 0.0761 e. The first-order chi connectivity index (χ1) is 7.20. The predicted octanol–water partition coefficient (Wildman–Crippen LogP) is 2.92. The molecule has 0 bridgehead atoms. The minimum atomic E-state index is -0.460. The van der Waals surface area contributed by atoms with Crippen molar-refractivity contribution < 1.29 is 5.11 Å². The van der Waals surface area contributed by atoms with Crippen LogP contribution >= 0.6 is 24.0 Å². The second-order valence-corrected chi connectivity index (χ2v) is 4.64. The molecule has 1 aromatic carbocycles. The maximum atomic E-state index is 10.0. The molecule has 3 N–H and O–H groups in total. The Morgan fingerprint density at radius 2 is 1.94 bits per heavy atom. The SMILES string of the molecule is Cl.N[C@H](c1ccccc1Cl)[C@@H](O)C1CCC1. The Morgan fingerprint density at radius 1 is 1.31 bits per heavy atom. The second-order valence-electron chi connectivity index (χ2n) is 4.23. The molecule has 1 fully saturated rings. The van der Waals surface area contributed by atoms with Gasteiger partial charge >= 0.3 is 0 Å². The van der Waals surface area contributed by atoms with E-state index in [0.29, 0.717) is 10.9 Å². The number of hydrogen-bond acceptors (Lipinski definition) is 2. The number of aliphatic hydroxyl groups excluding tert-OH is 1. The molecule has 0 saturated heterocycles. The molecule has 1 aromatic rings. The number of hydrogen-bond donors (Lipinski definition) is 2. The maximum absolute atomic E-state index is 10.0. The van der Waals surface area contributed by atoms with Crippen molar-refractivity contribution in [2.24, 2.45) is 11.7 Å². The molecule has 4 heteroatoms. The van der Waals surface area contributed by atoms with Crippen molar-refractivity contribution >= 4 is 24.0 Å². The number of benzene rings is 1. The van der Waals surface area contributed by atoms with Gasteiger partial charge in [0.25, 0.3) is 0 Å². The highest BCUT2D eigenvalue weighted by molar-refractivity contribution is 6.31. The van der Waals surface area contributed by atoms with E-state index in [0.717, 1.165) is 18.4 Å². The fourth-order valence-corrected chi connectivity index (χ4v) is 2.27. The van der Waals surface area contributed by atoms with Gasteiger partial charge in [-0.15, -0.1) is 12.4 Å². The van der Waals surface area contributed by atoms with Crippen molar-refractivity contribution in [1.29, 1.82) is 0 Å². The molecular formula is C12H17Cl2NO. The van der Waals surface area contributed by atoms with Crippen LogP contribution in [0.4, 0.5) is 0 Å². The average Bonchev–Trinajstić information content (AvgIpc) is 2.15. The molecule has 0 unspecified atom stereocenters. The van der Waals surface area contributed by atoms with Crippen LogP contribution in [0.3, 0.4) is 0 Å². The highest BCUT2D eigenvalue weighted by Gasteiger charge is 2.31. The normalized spacial score (nSPS) is 19.4. The van der Waals surface area contributed by atoms with Crippen LogP contribution in [0.2, 0.25) is 5.02 Å². The Morgan fingerprint density at radius 3 is 2.44 bits per heavy atom. The highest BCUT2D eigenvalue weighted by Crippen LogP contribution is 2.35. The lowest BCUT2D eigenvalue weighted by Gasteiger charge is -2.34. The first-order valence-electron chi connectivity index (χ1n) is 5.38. The molecule has 1 aliphatic carbocycles. The molecule has 2 atom stereocenters.